The van der Waals surface area contributed by atoms with Crippen molar-refractivity contribution in [3.8, 4) is 17.2 Å². The number of halogens is 1. The third-order valence-electron chi connectivity index (χ3n) is 2.73. The normalized spacial score (nSPS) is 10.3. The molecule has 0 unspecified atom stereocenters. The number of hydrogen-bond donors (Lipinski definition) is 0. The van der Waals surface area contributed by atoms with E-state index in [9.17, 15) is 14.4 Å². The van der Waals surface area contributed by atoms with Crippen molar-refractivity contribution in [3.63, 3.8) is 0 Å². The Bertz CT molecular complexity index is 812. The maximum Gasteiger partial charge on any atom is 0.308 e. The molecule has 0 saturated heterocycles. The maximum atomic E-state index is 11.4. The molecule has 0 saturated carbocycles. The molecule has 2 aromatic rings. The SMILES string of the molecule is CC(=O)Oc1cc(OC(C)=O)c2cc(Br)ccc2c1OC(C)=O. The van der Waals surface area contributed by atoms with E-state index < -0.39 is 17.9 Å². The van der Waals surface area contributed by atoms with Crippen LogP contribution in [0.4, 0.5) is 0 Å². The summed E-state index contributed by atoms with van der Waals surface area (Å²) in [5.74, 6) is -1.40. The van der Waals surface area contributed by atoms with E-state index in [4.69, 9.17) is 14.2 Å². The summed E-state index contributed by atoms with van der Waals surface area (Å²) in [6.45, 7) is 3.71. The molecule has 6 nitrogen and oxygen atoms in total. The number of rotatable bonds is 3. The lowest BCUT2D eigenvalue weighted by molar-refractivity contribution is -0.134. The molecule has 0 bridgehead atoms. The van der Waals surface area contributed by atoms with Gasteiger partial charge in [0, 0.05) is 42.1 Å². The highest BCUT2D eigenvalue weighted by molar-refractivity contribution is 9.10. The lowest BCUT2D eigenvalue weighted by atomic mass is 10.1. The highest BCUT2D eigenvalue weighted by Crippen LogP contribution is 2.43. The van der Waals surface area contributed by atoms with Gasteiger partial charge in [-0.25, -0.2) is 0 Å². The van der Waals surface area contributed by atoms with E-state index in [-0.39, 0.29) is 17.2 Å². The van der Waals surface area contributed by atoms with Crippen LogP contribution in [0.1, 0.15) is 20.8 Å². The molecule has 0 radical (unpaired) electrons. The third kappa shape index (κ3) is 4.07. The number of benzene rings is 2. The molecule has 0 fully saturated rings. The molecular formula is C16H13BrO6. The average Bonchev–Trinajstić information content (AvgIpc) is 2.41. The second-order valence-electron chi connectivity index (χ2n) is 4.67. The van der Waals surface area contributed by atoms with Crippen molar-refractivity contribution in [2.45, 2.75) is 20.8 Å². The minimum Gasteiger partial charge on any atom is -0.426 e. The van der Waals surface area contributed by atoms with Crippen molar-refractivity contribution in [1.29, 1.82) is 0 Å². The summed E-state index contributed by atoms with van der Waals surface area (Å²) in [4.78, 5) is 34.0. The number of ether oxygens (including phenoxy) is 3. The second kappa shape index (κ2) is 6.78. The van der Waals surface area contributed by atoms with Crippen molar-refractivity contribution < 1.29 is 28.6 Å². The molecule has 0 aliphatic carbocycles. The highest BCUT2D eigenvalue weighted by atomic mass is 79.9. The number of hydrogen-bond acceptors (Lipinski definition) is 6. The highest BCUT2D eigenvalue weighted by Gasteiger charge is 2.19. The van der Waals surface area contributed by atoms with E-state index in [2.05, 4.69) is 15.9 Å². The number of esters is 3. The smallest absolute Gasteiger partial charge is 0.308 e. The lowest BCUT2D eigenvalue weighted by Crippen LogP contribution is -2.09. The fourth-order valence-corrected chi connectivity index (χ4v) is 2.39. The van der Waals surface area contributed by atoms with Gasteiger partial charge in [0.2, 0.25) is 0 Å². The van der Waals surface area contributed by atoms with Crippen LogP contribution in [-0.2, 0) is 14.4 Å². The molecule has 0 N–H and O–H groups in total. The van der Waals surface area contributed by atoms with Gasteiger partial charge >= 0.3 is 17.9 Å². The van der Waals surface area contributed by atoms with Gasteiger partial charge in [-0.05, 0) is 18.2 Å². The molecule has 0 amide bonds. The van der Waals surface area contributed by atoms with Gasteiger partial charge in [-0.2, -0.15) is 0 Å². The van der Waals surface area contributed by atoms with Gasteiger partial charge in [-0.3, -0.25) is 14.4 Å². The molecule has 7 heteroatoms. The first-order chi connectivity index (χ1) is 10.8. The van der Waals surface area contributed by atoms with Gasteiger partial charge in [-0.1, -0.05) is 15.9 Å². The van der Waals surface area contributed by atoms with E-state index >= 15 is 0 Å². The standard InChI is InChI=1S/C16H13BrO6/c1-8(18)21-14-7-15(22-9(2)19)16(23-10(3)20)12-5-4-11(17)6-13(12)14/h4-7H,1-3H3. The molecule has 2 rings (SSSR count). The summed E-state index contributed by atoms with van der Waals surface area (Å²) in [7, 11) is 0. The van der Waals surface area contributed by atoms with Crippen LogP contribution in [0.25, 0.3) is 10.8 Å². The summed E-state index contributed by atoms with van der Waals surface area (Å²) in [5.41, 5.74) is 0. The molecule has 0 aliphatic rings. The predicted octanol–water partition coefficient (Wildman–Crippen LogP) is 3.38. The Morgan fingerprint density at radius 3 is 1.91 bits per heavy atom. The number of fused-ring (bicyclic) bond motifs is 1. The minimum absolute atomic E-state index is 0.00114. The topological polar surface area (TPSA) is 78.9 Å². The maximum absolute atomic E-state index is 11.4. The van der Waals surface area contributed by atoms with E-state index in [1.54, 1.807) is 18.2 Å². The zero-order chi connectivity index (χ0) is 17.1. The van der Waals surface area contributed by atoms with Crippen LogP contribution in [-0.4, -0.2) is 17.9 Å². The zero-order valence-electron chi connectivity index (χ0n) is 12.6. The Morgan fingerprint density at radius 2 is 1.35 bits per heavy atom. The molecule has 120 valence electrons. The Hall–Kier alpha value is -2.41. The van der Waals surface area contributed by atoms with Crippen LogP contribution in [0, 0.1) is 0 Å². The Morgan fingerprint density at radius 1 is 0.783 bits per heavy atom. The Kier molecular flexibility index (Phi) is 5.00. The van der Waals surface area contributed by atoms with E-state index in [0.717, 1.165) is 4.47 Å². The molecule has 23 heavy (non-hydrogen) atoms. The summed E-state index contributed by atoms with van der Waals surface area (Å²) < 4.78 is 16.2. The van der Waals surface area contributed by atoms with Crippen molar-refractivity contribution >= 4 is 44.6 Å². The zero-order valence-corrected chi connectivity index (χ0v) is 14.2. The van der Waals surface area contributed by atoms with E-state index in [0.29, 0.717) is 10.8 Å². The van der Waals surface area contributed by atoms with Gasteiger partial charge in [-0.15, -0.1) is 0 Å². The monoisotopic (exact) mass is 380 g/mol. The summed E-state index contributed by atoms with van der Waals surface area (Å²) >= 11 is 3.33. The molecule has 0 heterocycles. The van der Waals surface area contributed by atoms with Gasteiger partial charge in [0.1, 0.15) is 5.75 Å². The first-order valence-electron chi connectivity index (χ1n) is 6.59. The van der Waals surface area contributed by atoms with Crippen LogP contribution < -0.4 is 14.2 Å². The van der Waals surface area contributed by atoms with E-state index in [1.807, 2.05) is 0 Å². The van der Waals surface area contributed by atoms with Crippen LogP contribution in [0.2, 0.25) is 0 Å². The van der Waals surface area contributed by atoms with E-state index in [1.165, 1.54) is 26.8 Å². The molecule has 0 atom stereocenters. The Balaban J connectivity index is 2.79. The molecule has 2 aromatic carbocycles. The average molecular weight is 381 g/mol. The quantitative estimate of drug-likeness (QED) is 0.599. The molecule has 0 aliphatic heterocycles. The van der Waals surface area contributed by atoms with Crippen molar-refractivity contribution in [2.75, 3.05) is 0 Å². The fraction of sp³-hybridized carbons (Fsp3) is 0.188. The first-order valence-corrected chi connectivity index (χ1v) is 7.38. The summed E-state index contributed by atoms with van der Waals surface area (Å²) in [6, 6.07) is 6.44. The number of carbonyl (C=O) groups excluding carboxylic acids is 3. The van der Waals surface area contributed by atoms with Gasteiger partial charge in [0.05, 0.1) is 0 Å². The van der Waals surface area contributed by atoms with Crippen LogP contribution in [0.3, 0.4) is 0 Å². The second-order valence-corrected chi connectivity index (χ2v) is 5.59. The van der Waals surface area contributed by atoms with Crippen molar-refractivity contribution in [1.82, 2.24) is 0 Å². The van der Waals surface area contributed by atoms with Crippen molar-refractivity contribution in [2.24, 2.45) is 0 Å². The van der Waals surface area contributed by atoms with Crippen molar-refractivity contribution in [3.05, 3.63) is 28.7 Å². The molecule has 0 spiro atoms. The number of carbonyl (C=O) groups is 3. The molecular weight excluding hydrogens is 368 g/mol. The van der Waals surface area contributed by atoms with Gasteiger partial charge < -0.3 is 14.2 Å². The fourth-order valence-electron chi connectivity index (χ4n) is 2.03. The summed E-state index contributed by atoms with van der Waals surface area (Å²) in [5, 5.41) is 1.00. The van der Waals surface area contributed by atoms with Gasteiger partial charge in [0.15, 0.2) is 11.5 Å². The van der Waals surface area contributed by atoms with Crippen LogP contribution in [0.15, 0.2) is 28.7 Å². The predicted molar refractivity (Wildman–Crippen MR) is 85.6 cm³/mol. The van der Waals surface area contributed by atoms with Gasteiger partial charge in [0.25, 0.3) is 0 Å². The third-order valence-corrected chi connectivity index (χ3v) is 3.22. The lowest BCUT2D eigenvalue weighted by Gasteiger charge is -2.15. The first kappa shape index (κ1) is 17.0. The molecule has 0 aromatic heterocycles. The minimum atomic E-state index is -0.594. The Labute approximate surface area is 140 Å². The van der Waals surface area contributed by atoms with Crippen LogP contribution >= 0.6 is 15.9 Å². The largest absolute Gasteiger partial charge is 0.426 e. The van der Waals surface area contributed by atoms with Crippen LogP contribution in [0.5, 0.6) is 17.2 Å². The summed E-state index contributed by atoms with van der Waals surface area (Å²) in [6.07, 6.45) is 0.